The highest BCUT2D eigenvalue weighted by atomic mass is 16.4. The summed E-state index contributed by atoms with van der Waals surface area (Å²) < 4.78 is 0. The molecule has 0 aliphatic heterocycles. The van der Waals surface area contributed by atoms with E-state index >= 15 is 0 Å². The van der Waals surface area contributed by atoms with Gasteiger partial charge >= 0.3 is 5.97 Å². The number of carboxylic acids is 1. The number of carboxylic acid groups (broad SMARTS) is 1. The third-order valence-corrected chi connectivity index (χ3v) is 2.07. The van der Waals surface area contributed by atoms with Crippen LogP contribution in [0.2, 0.25) is 0 Å². The average molecular weight is 214 g/mol. The Bertz CT molecular complexity index is 185. The Morgan fingerprint density at radius 2 is 1.80 bits per heavy atom. The van der Waals surface area contributed by atoms with Crippen molar-refractivity contribution < 1.29 is 9.90 Å². The van der Waals surface area contributed by atoms with Crippen molar-refractivity contribution in [2.45, 2.75) is 39.5 Å². The summed E-state index contributed by atoms with van der Waals surface area (Å²) in [6.07, 6.45) is 6.23. The molecule has 0 spiro atoms. The van der Waals surface area contributed by atoms with Gasteiger partial charge in [-0.3, -0.25) is 9.79 Å². The molecule has 0 fully saturated rings. The molecule has 0 aromatic carbocycles. The van der Waals surface area contributed by atoms with Gasteiger partial charge in [-0.25, -0.2) is 0 Å². The molecule has 15 heavy (non-hydrogen) atoms. The van der Waals surface area contributed by atoms with Crippen LogP contribution in [0.15, 0.2) is 4.99 Å². The second kappa shape index (κ2) is 9.49. The van der Waals surface area contributed by atoms with Crippen LogP contribution in [0.1, 0.15) is 39.5 Å². The van der Waals surface area contributed by atoms with E-state index in [2.05, 4.69) is 23.7 Å². The molecule has 0 atom stereocenters. The first-order valence-electron chi connectivity index (χ1n) is 5.66. The van der Waals surface area contributed by atoms with Crippen molar-refractivity contribution >= 4 is 12.3 Å². The van der Waals surface area contributed by atoms with Crippen molar-refractivity contribution in [2.24, 2.45) is 4.99 Å². The molecule has 0 radical (unpaired) electrons. The van der Waals surface area contributed by atoms with E-state index in [1.54, 1.807) is 6.34 Å². The van der Waals surface area contributed by atoms with Crippen molar-refractivity contribution in [1.29, 1.82) is 0 Å². The summed E-state index contributed by atoms with van der Waals surface area (Å²) in [6.45, 7) is 6.10. The van der Waals surface area contributed by atoms with Crippen LogP contribution in [0.5, 0.6) is 0 Å². The van der Waals surface area contributed by atoms with Gasteiger partial charge in [-0.15, -0.1) is 0 Å². The number of carbonyl (C=O) groups is 1. The summed E-state index contributed by atoms with van der Waals surface area (Å²) in [6, 6.07) is 0. The first-order chi connectivity index (χ1) is 7.20. The summed E-state index contributed by atoms with van der Waals surface area (Å²) in [5.41, 5.74) is 0. The maximum absolute atomic E-state index is 10.3. The maximum atomic E-state index is 10.3. The number of hydrogen-bond donors (Lipinski definition) is 1. The lowest BCUT2D eigenvalue weighted by atomic mass is 10.3. The fourth-order valence-electron chi connectivity index (χ4n) is 1.18. The van der Waals surface area contributed by atoms with Gasteiger partial charge in [0.25, 0.3) is 0 Å². The molecule has 4 heteroatoms. The Morgan fingerprint density at radius 3 is 2.20 bits per heavy atom. The number of unbranched alkanes of at least 4 members (excludes halogenated alkanes) is 2. The Hall–Kier alpha value is -1.06. The number of nitrogens with zero attached hydrogens (tertiary/aromatic N) is 2. The molecular weight excluding hydrogens is 192 g/mol. The number of aliphatic imine (C=N–C) groups is 1. The van der Waals surface area contributed by atoms with Crippen LogP contribution in [0.3, 0.4) is 0 Å². The van der Waals surface area contributed by atoms with E-state index in [1.165, 1.54) is 0 Å². The highest BCUT2D eigenvalue weighted by Crippen LogP contribution is 1.96. The molecule has 0 saturated carbocycles. The predicted molar refractivity (Wildman–Crippen MR) is 62.4 cm³/mol. The minimum absolute atomic E-state index is 0.130. The van der Waals surface area contributed by atoms with Crippen molar-refractivity contribution in [2.75, 3.05) is 19.6 Å². The van der Waals surface area contributed by atoms with E-state index in [-0.39, 0.29) is 6.54 Å². The van der Waals surface area contributed by atoms with E-state index in [1.807, 2.05) is 0 Å². The second-order valence-electron chi connectivity index (χ2n) is 3.59. The lowest BCUT2D eigenvalue weighted by molar-refractivity contribution is -0.135. The first-order valence-corrected chi connectivity index (χ1v) is 5.66. The molecule has 0 bridgehead atoms. The fourth-order valence-corrected chi connectivity index (χ4v) is 1.18. The summed E-state index contributed by atoms with van der Waals surface area (Å²) in [4.78, 5) is 16.3. The zero-order valence-corrected chi connectivity index (χ0v) is 9.78. The molecule has 1 N–H and O–H groups in total. The van der Waals surface area contributed by atoms with Gasteiger partial charge in [-0.1, -0.05) is 26.7 Å². The molecule has 4 nitrogen and oxygen atoms in total. The molecule has 0 aliphatic rings. The summed E-state index contributed by atoms with van der Waals surface area (Å²) in [5.74, 6) is -0.878. The molecule has 0 unspecified atom stereocenters. The van der Waals surface area contributed by atoms with Gasteiger partial charge < -0.3 is 10.0 Å². The minimum Gasteiger partial charge on any atom is -0.480 e. The third-order valence-electron chi connectivity index (χ3n) is 2.07. The van der Waals surface area contributed by atoms with Gasteiger partial charge in [0.1, 0.15) is 6.54 Å². The largest absolute Gasteiger partial charge is 0.480 e. The Labute approximate surface area is 92.0 Å². The van der Waals surface area contributed by atoms with Crippen molar-refractivity contribution in [3.63, 3.8) is 0 Å². The van der Waals surface area contributed by atoms with Gasteiger partial charge in [-0.2, -0.15) is 0 Å². The monoisotopic (exact) mass is 214 g/mol. The molecule has 0 saturated heterocycles. The first kappa shape index (κ1) is 13.9. The van der Waals surface area contributed by atoms with E-state index in [4.69, 9.17) is 5.11 Å². The smallest absolute Gasteiger partial charge is 0.325 e. The zero-order chi connectivity index (χ0) is 11.5. The summed E-state index contributed by atoms with van der Waals surface area (Å²) in [5, 5.41) is 8.45. The normalized spacial score (nSPS) is 10.8. The van der Waals surface area contributed by atoms with Crippen molar-refractivity contribution in [1.82, 2.24) is 4.90 Å². The van der Waals surface area contributed by atoms with Crippen LogP contribution in [0.4, 0.5) is 0 Å². The molecule has 0 heterocycles. The predicted octanol–water partition coefficient (Wildman–Crippen LogP) is 2.00. The van der Waals surface area contributed by atoms with E-state index in [0.29, 0.717) is 0 Å². The van der Waals surface area contributed by atoms with Gasteiger partial charge in [0, 0.05) is 13.1 Å². The lowest BCUT2D eigenvalue weighted by Gasteiger charge is -2.18. The zero-order valence-electron chi connectivity index (χ0n) is 9.78. The van der Waals surface area contributed by atoms with E-state index < -0.39 is 5.97 Å². The van der Waals surface area contributed by atoms with Crippen LogP contribution in [-0.4, -0.2) is 41.9 Å². The molecular formula is C11H22N2O2. The molecule has 88 valence electrons. The van der Waals surface area contributed by atoms with Crippen molar-refractivity contribution in [3.05, 3.63) is 0 Å². The van der Waals surface area contributed by atoms with Gasteiger partial charge in [0.05, 0.1) is 6.34 Å². The molecule has 0 rings (SSSR count). The number of rotatable bonds is 9. The highest BCUT2D eigenvalue weighted by Gasteiger charge is 1.98. The van der Waals surface area contributed by atoms with E-state index in [0.717, 1.165) is 38.8 Å². The Kier molecular flexibility index (Phi) is 8.82. The maximum Gasteiger partial charge on any atom is 0.325 e. The van der Waals surface area contributed by atoms with Crippen LogP contribution in [-0.2, 0) is 4.79 Å². The molecule has 0 amide bonds. The minimum atomic E-state index is -0.878. The van der Waals surface area contributed by atoms with Crippen LogP contribution in [0, 0.1) is 0 Å². The number of aliphatic carboxylic acids is 1. The van der Waals surface area contributed by atoms with Crippen molar-refractivity contribution in [3.8, 4) is 0 Å². The molecule has 0 aromatic rings. The van der Waals surface area contributed by atoms with Gasteiger partial charge in [0.15, 0.2) is 0 Å². The van der Waals surface area contributed by atoms with Gasteiger partial charge in [0.2, 0.25) is 0 Å². The third kappa shape index (κ3) is 9.25. The quantitative estimate of drug-likeness (QED) is 0.472. The van der Waals surface area contributed by atoms with E-state index in [9.17, 15) is 4.79 Å². The average Bonchev–Trinajstić information content (AvgIpc) is 2.20. The fraction of sp³-hybridized carbons (Fsp3) is 0.818. The second-order valence-corrected chi connectivity index (χ2v) is 3.59. The Morgan fingerprint density at radius 1 is 1.27 bits per heavy atom. The standard InChI is InChI=1S/C11H22N2O2/c1-3-5-7-13(8-6-4-2)10-12-9-11(14)15/h10H,3-9H2,1-2H3,(H,14,15). The highest BCUT2D eigenvalue weighted by molar-refractivity contribution is 5.71. The van der Waals surface area contributed by atoms with Crippen LogP contribution >= 0.6 is 0 Å². The lowest BCUT2D eigenvalue weighted by Crippen LogP contribution is -2.24. The van der Waals surface area contributed by atoms with Crippen LogP contribution in [0.25, 0.3) is 0 Å². The molecule has 0 aromatic heterocycles. The summed E-state index contributed by atoms with van der Waals surface area (Å²) >= 11 is 0. The topological polar surface area (TPSA) is 52.9 Å². The number of hydrogen-bond acceptors (Lipinski definition) is 2. The molecule has 0 aliphatic carbocycles. The van der Waals surface area contributed by atoms with Gasteiger partial charge in [-0.05, 0) is 12.8 Å². The summed E-state index contributed by atoms with van der Waals surface area (Å²) in [7, 11) is 0. The Balaban J connectivity index is 3.87. The van der Waals surface area contributed by atoms with Crippen LogP contribution < -0.4 is 0 Å². The SMILES string of the molecule is CCCCN(C=NCC(=O)O)CCCC.